The van der Waals surface area contributed by atoms with Gasteiger partial charge in [0.2, 0.25) is 0 Å². The van der Waals surface area contributed by atoms with Crippen LogP contribution in [-0.2, 0) is 0 Å². The summed E-state index contributed by atoms with van der Waals surface area (Å²) in [4.78, 5) is 1.19. The predicted molar refractivity (Wildman–Crippen MR) is 76.6 cm³/mol. The highest BCUT2D eigenvalue weighted by molar-refractivity contribution is 7.10. The molecule has 3 heteroatoms. The lowest BCUT2D eigenvalue weighted by Gasteiger charge is -2.31. The van der Waals surface area contributed by atoms with Gasteiger partial charge in [0.25, 0.3) is 0 Å². The summed E-state index contributed by atoms with van der Waals surface area (Å²) in [6, 6.07) is 2.12. The first-order chi connectivity index (χ1) is 8.22. The van der Waals surface area contributed by atoms with Crippen molar-refractivity contribution in [3.05, 3.63) is 21.3 Å². The van der Waals surface area contributed by atoms with Gasteiger partial charge in [0.1, 0.15) is 0 Å². The van der Waals surface area contributed by atoms with Gasteiger partial charge in [-0.2, -0.15) is 0 Å². The normalized spacial score (nSPS) is 27.0. The zero-order valence-electron chi connectivity index (χ0n) is 10.5. The molecule has 0 amide bonds. The van der Waals surface area contributed by atoms with Crippen LogP contribution in [0.2, 0.25) is 5.02 Å². The Kier molecular flexibility index (Phi) is 4.89. The molecular weight excluding hydrogens is 250 g/mol. The van der Waals surface area contributed by atoms with Crippen LogP contribution in [0.25, 0.3) is 0 Å². The van der Waals surface area contributed by atoms with Gasteiger partial charge >= 0.3 is 0 Å². The maximum absolute atomic E-state index is 6.36. The molecule has 1 unspecified atom stereocenters. The summed E-state index contributed by atoms with van der Waals surface area (Å²) in [6.45, 7) is 2.28. The van der Waals surface area contributed by atoms with Crippen LogP contribution in [0.4, 0.5) is 0 Å². The molecule has 0 spiro atoms. The molecule has 1 aliphatic rings. The molecular formula is C14H22ClNS. The Hall–Kier alpha value is -0.0500. The highest BCUT2D eigenvalue weighted by Gasteiger charge is 2.27. The van der Waals surface area contributed by atoms with Gasteiger partial charge in [0.15, 0.2) is 0 Å². The third kappa shape index (κ3) is 3.24. The lowest BCUT2D eigenvalue weighted by molar-refractivity contribution is 0.236. The molecule has 17 heavy (non-hydrogen) atoms. The van der Waals surface area contributed by atoms with Crippen molar-refractivity contribution in [2.45, 2.75) is 51.5 Å². The van der Waals surface area contributed by atoms with Crippen molar-refractivity contribution in [2.75, 3.05) is 0 Å². The van der Waals surface area contributed by atoms with E-state index in [-0.39, 0.29) is 6.04 Å². The molecule has 0 bridgehead atoms. The maximum Gasteiger partial charge on any atom is 0.0561 e. The lowest BCUT2D eigenvalue weighted by atomic mass is 9.77. The van der Waals surface area contributed by atoms with Gasteiger partial charge in [-0.05, 0) is 36.1 Å². The number of hydrogen-bond acceptors (Lipinski definition) is 2. The van der Waals surface area contributed by atoms with E-state index in [4.69, 9.17) is 17.3 Å². The van der Waals surface area contributed by atoms with Crippen molar-refractivity contribution >= 4 is 22.9 Å². The Balaban J connectivity index is 1.90. The molecule has 1 aliphatic carbocycles. The van der Waals surface area contributed by atoms with Crippen molar-refractivity contribution in [1.82, 2.24) is 0 Å². The molecule has 1 atom stereocenters. The Labute approximate surface area is 113 Å². The Bertz CT molecular complexity index is 342. The van der Waals surface area contributed by atoms with Crippen LogP contribution in [0.1, 0.15) is 56.4 Å². The number of rotatable bonds is 4. The quantitative estimate of drug-likeness (QED) is 0.819. The number of halogens is 1. The largest absolute Gasteiger partial charge is 0.323 e. The van der Waals surface area contributed by atoms with Crippen molar-refractivity contribution in [3.8, 4) is 0 Å². The van der Waals surface area contributed by atoms with Gasteiger partial charge in [-0.1, -0.05) is 44.2 Å². The van der Waals surface area contributed by atoms with E-state index in [0.29, 0.717) is 5.92 Å². The predicted octanol–water partition coefficient (Wildman–Crippen LogP) is 5.01. The molecule has 1 aromatic heterocycles. The number of hydrogen-bond donors (Lipinski definition) is 1. The van der Waals surface area contributed by atoms with E-state index in [0.717, 1.165) is 10.9 Å². The zero-order valence-corrected chi connectivity index (χ0v) is 12.1. The lowest BCUT2D eigenvalue weighted by Crippen LogP contribution is -2.25. The van der Waals surface area contributed by atoms with E-state index in [9.17, 15) is 0 Å². The van der Waals surface area contributed by atoms with E-state index < -0.39 is 0 Å². The van der Waals surface area contributed by atoms with Gasteiger partial charge in [-0.15, -0.1) is 11.3 Å². The summed E-state index contributed by atoms with van der Waals surface area (Å²) < 4.78 is 0. The summed E-state index contributed by atoms with van der Waals surface area (Å²) in [6.07, 6.45) is 7.98. The van der Waals surface area contributed by atoms with Gasteiger partial charge < -0.3 is 5.73 Å². The molecule has 0 aromatic carbocycles. The number of thiophene rings is 1. The summed E-state index contributed by atoms with van der Waals surface area (Å²) >= 11 is 7.87. The van der Waals surface area contributed by atoms with Crippen LogP contribution in [0.15, 0.2) is 11.4 Å². The minimum Gasteiger partial charge on any atom is -0.323 e. The molecule has 1 heterocycles. The third-order valence-electron chi connectivity index (χ3n) is 4.04. The van der Waals surface area contributed by atoms with E-state index in [1.165, 1.54) is 43.4 Å². The molecule has 96 valence electrons. The first-order valence-corrected chi connectivity index (χ1v) is 7.96. The molecule has 2 N–H and O–H groups in total. The van der Waals surface area contributed by atoms with Crippen LogP contribution >= 0.6 is 22.9 Å². The maximum atomic E-state index is 6.36. The van der Waals surface area contributed by atoms with Crippen molar-refractivity contribution in [3.63, 3.8) is 0 Å². The second kappa shape index (κ2) is 6.21. The molecule has 1 nitrogen and oxygen atoms in total. The Morgan fingerprint density at radius 2 is 2.12 bits per heavy atom. The van der Waals surface area contributed by atoms with Gasteiger partial charge in [0.05, 0.1) is 5.02 Å². The molecule has 2 rings (SSSR count). The first kappa shape index (κ1) is 13.4. The van der Waals surface area contributed by atoms with Crippen molar-refractivity contribution in [1.29, 1.82) is 0 Å². The molecule has 0 radical (unpaired) electrons. The smallest absolute Gasteiger partial charge is 0.0561 e. The Morgan fingerprint density at radius 3 is 2.65 bits per heavy atom. The zero-order chi connectivity index (χ0) is 12.3. The van der Waals surface area contributed by atoms with Crippen LogP contribution in [0.5, 0.6) is 0 Å². The van der Waals surface area contributed by atoms with Gasteiger partial charge in [-0.25, -0.2) is 0 Å². The fraction of sp³-hybridized carbons (Fsp3) is 0.714. The highest BCUT2D eigenvalue weighted by Crippen LogP contribution is 2.40. The molecule has 0 saturated heterocycles. The second-order valence-corrected chi connectivity index (χ2v) is 6.58. The number of nitrogens with two attached hydrogens (primary N) is 1. The van der Waals surface area contributed by atoms with E-state index in [1.807, 2.05) is 11.4 Å². The fourth-order valence-corrected chi connectivity index (χ4v) is 4.28. The molecule has 1 fully saturated rings. The standard InChI is InChI=1S/C14H22ClNS/c1-2-3-10-4-6-11(7-5-10)13(16)14-12(15)8-9-17-14/h8-11,13H,2-7,16H2,1H3. The summed E-state index contributed by atoms with van der Waals surface area (Å²) in [7, 11) is 0. The summed E-state index contributed by atoms with van der Waals surface area (Å²) in [5, 5.41) is 2.90. The highest BCUT2D eigenvalue weighted by atomic mass is 35.5. The van der Waals surface area contributed by atoms with E-state index >= 15 is 0 Å². The van der Waals surface area contributed by atoms with Gasteiger partial charge in [0, 0.05) is 10.9 Å². The van der Waals surface area contributed by atoms with Crippen molar-refractivity contribution in [2.24, 2.45) is 17.6 Å². The first-order valence-electron chi connectivity index (χ1n) is 6.70. The molecule has 1 saturated carbocycles. The van der Waals surface area contributed by atoms with Crippen LogP contribution in [-0.4, -0.2) is 0 Å². The summed E-state index contributed by atoms with van der Waals surface area (Å²) in [5.74, 6) is 1.58. The van der Waals surface area contributed by atoms with Crippen LogP contribution in [0, 0.1) is 11.8 Å². The fourth-order valence-electron chi connectivity index (χ4n) is 3.00. The van der Waals surface area contributed by atoms with Crippen molar-refractivity contribution < 1.29 is 0 Å². The van der Waals surface area contributed by atoms with Crippen LogP contribution < -0.4 is 5.73 Å². The van der Waals surface area contributed by atoms with E-state index in [2.05, 4.69) is 6.92 Å². The van der Waals surface area contributed by atoms with E-state index in [1.54, 1.807) is 11.3 Å². The average molecular weight is 272 g/mol. The van der Waals surface area contributed by atoms with Crippen LogP contribution in [0.3, 0.4) is 0 Å². The third-order valence-corrected chi connectivity index (χ3v) is 5.50. The molecule has 0 aliphatic heterocycles. The van der Waals surface area contributed by atoms with Gasteiger partial charge in [-0.3, -0.25) is 0 Å². The monoisotopic (exact) mass is 271 g/mol. The average Bonchev–Trinajstić information content (AvgIpc) is 2.76. The second-order valence-electron chi connectivity index (χ2n) is 5.23. The minimum atomic E-state index is 0.157. The topological polar surface area (TPSA) is 26.0 Å². The SMILES string of the molecule is CCCC1CCC(C(N)c2sccc2Cl)CC1. The Morgan fingerprint density at radius 1 is 1.41 bits per heavy atom. The summed E-state index contributed by atoms with van der Waals surface area (Å²) in [5.41, 5.74) is 6.36. The molecule has 1 aromatic rings. The minimum absolute atomic E-state index is 0.157.